The summed E-state index contributed by atoms with van der Waals surface area (Å²) in [5.74, 6) is 0. The first-order valence-electron chi connectivity index (χ1n) is 8.81. The van der Waals surface area contributed by atoms with Crippen LogP contribution in [0.5, 0.6) is 0 Å². The van der Waals surface area contributed by atoms with Gasteiger partial charge in [-0.15, -0.1) is 0 Å². The fourth-order valence-electron chi connectivity index (χ4n) is 3.19. The summed E-state index contributed by atoms with van der Waals surface area (Å²) in [6.07, 6.45) is -17.5. The highest BCUT2D eigenvalue weighted by atomic mass is 16.7. The molecule has 3 heterocycles. The topological polar surface area (TPSA) is 208 Å². The van der Waals surface area contributed by atoms with E-state index >= 15 is 0 Å². The molecular weight excluding hydrogens is 388 g/mol. The smallest absolute Gasteiger partial charge is 0.186 e. The third kappa shape index (κ3) is 4.46. The van der Waals surface area contributed by atoms with Crippen LogP contribution < -0.4 is 0 Å². The number of hydrogen-bond donors (Lipinski definition) is 8. The van der Waals surface area contributed by atoms with Crippen molar-refractivity contribution in [3.63, 3.8) is 0 Å². The monoisotopic (exact) mass is 414 g/mol. The molecule has 164 valence electrons. The molecule has 3 saturated heterocycles. The van der Waals surface area contributed by atoms with Gasteiger partial charge in [-0.2, -0.15) is 0 Å². The van der Waals surface area contributed by atoms with Crippen LogP contribution in [0.1, 0.15) is 0 Å². The van der Waals surface area contributed by atoms with Crippen LogP contribution in [0, 0.1) is 0 Å². The molecule has 3 aliphatic rings. The fraction of sp³-hybridized carbons (Fsp3) is 1.00. The Bertz CT molecular complexity index is 508. The van der Waals surface area contributed by atoms with Gasteiger partial charge in [0.15, 0.2) is 18.9 Å². The van der Waals surface area contributed by atoms with Crippen molar-refractivity contribution in [1.82, 2.24) is 0 Å². The predicted molar refractivity (Wildman–Crippen MR) is 83.2 cm³/mol. The summed E-state index contributed by atoms with van der Waals surface area (Å²) >= 11 is 0. The molecule has 0 aromatic carbocycles. The van der Waals surface area contributed by atoms with Crippen LogP contribution in [-0.2, 0) is 23.7 Å². The van der Waals surface area contributed by atoms with E-state index in [0.717, 1.165) is 0 Å². The highest BCUT2D eigenvalue weighted by Crippen LogP contribution is 2.27. The molecule has 3 rings (SSSR count). The van der Waals surface area contributed by atoms with Crippen molar-refractivity contribution >= 4 is 0 Å². The van der Waals surface area contributed by atoms with Crippen LogP contribution in [0.2, 0.25) is 0 Å². The van der Waals surface area contributed by atoms with Crippen LogP contribution >= 0.6 is 0 Å². The zero-order valence-electron chi connectivity index (χ0n) is 14.7. The fourth-order valence-corrected chi connectivity index (χ4v) is 3.19. The van der Waals surface area contributed by atoms with Gasteiger partial charge in [0, 0.05) is 0 Å². The van der Waals surface area contributed by atoms with Gasteiger partial charge in [-0.1, -0.05) is 0 Å². The van der Waals surface area contributed by atoms with Crippen molar-refractivity contribution in [3.05, 3.63) is 0 Å². The normalized spacial score (nSPS) is 53.1. The number of aliphatic hydroxyl groups is 8. The van der Waals surface area contributed by atoms with Crippen molar-refractivity contribution in [2.75, 3.05) is 19.8 Å². The van der Waals surface area contributed by atoms with Crippen LogP contribution in [0.25, 0.3) is 0 Å². The van der Waals surface area contributed by atoms with Crippen molar-refractivity contribution in [2.45, 2.75) is 73.8 Å². The lowest BCUT2D eigenvalue weighted by molar-refractivity contribution is -0.351. The molecule has 13 heteroatoms. The van der Waals surface area contributed by atoms with E-state index in [1.54, 1.807) is 0 Å². The second kappa shape index (κ2) is 9.09. The molecule has 3 aliphatic heterocycles. The first kappa shape index (κ1) is 22.2. The minimum absolute atomic E-state index is 0.297. The summed E-state index contributed by atoms with van der Waals surface area (Å²) in [5, 5.41) is 78.6. The third-order valence-electron chi connectivity index (χ3n) is 4.93. The highest BCUT2D eigenvalue weighted by molar-refractivity contribution is 4.90. The van der Waals surface area contributed by atoms with Gasteiger partial charge in [0.2, 0.25) is 0 Å². The first-order valence-corrected chi connectivity index (χ1v) is 8.81. The second-order valence-electron chi connectivity index (χ2n) is 6.99. The van der Waals surface area contributed by atoms with E-state index in [1.807, 2.05) is 0 Å². The lowest BCUT2D eigenvalue weighted by Crippen LogP contribution is -2.62. The molecule has 0 aromatic rings. The van der Waals surface area contributed by atoms with Gasteiger partial charge in [-0.05, 0) is 0 Å². The van der Waals surface area contributed by atoms with Crippen LogP contribution in [0.15, 0.2) is 0 Å². The maximum atomic E-state index is 10.5. The van der Waals surface area contributed by atoms with E-state index in [2.05, 4.69) is 0 Å². The summed E-state index contributed by atoms with van der Waals surface area (Å²) in [6, 6.07) is 0. The molecule has 0 aromatic heterocycles. The Morgan fingerprint density at radius 3 is 1.82 bits per heavy atom. The molecular formula is C15H26O13. The van der Waals surface area contributed by atoms with Crippen molar-refractivity contribution in [1.29, 1.82) is 0 Å². The summed E-state index contributed by atoms with van der Waals surface area (Å²) in [6.45, 7) is -0.964. The Balaban J connectivity index is 1.62. The molecule has 0 unspecified atom stereocenters. The minimum Gasteiger partial charge on any atom is -0.388 e. The largest absolute Gasteiger partial charge is 0.388 e. The quantitative estimate of drug-likeness (QED) is 0.216. The molecule has 0 bridgehead atoms. The number of hydrogen-bond acceptors (Lipinski definition) is 13. The molecule has 3 fully saturated rings. The van der Waals surface area contributed by atoms with Gasteiger partial charge in [-0.3, -0.25) is 0 Å². The summed E-state index contributed by atoms with van der Waals surface area (Å²) in [7, 11) is 0. The van der Waals surface area contributed by atoms with Gasteiger partial charge in [0.1, 0.15) is 54.9 Å². The lowest BCUT2D eigenvalue weighted by atomic mass is 10.0. The molecule has 0 aliphatic carbocycles. The molecule has 28 heavy (non-hydrogen) atoms. The van der Waals surface area contributed by atoms with E-state index in [4.69, 9.17) is 23.7 Å². The van der Waals surface area contributed by atoms with Gasteiger partial charge in [0.25, 0.3) is 0 Å². The van der Waals surface area contributed by atoms with Gasteiger partial charge < -0.3 is 64.5 Å². The maximum Gasteiger partial charge on any atom is 0.186 e. The van der Waals surface area contributed by atoms with Crippen LogP contribution in [-0.4, -0.2) is 134 Å². The van der Waals surface area contributed by atoms with Gasteiger partial charge >= 0.3 is 0 Å². The molecule has 0 saturated carbocycles. The number of aliphatic hydroxyl groups excluding tert-OH is 8. The molecule has 0 radical (unpaired) electrons. The molecule has 0 spiro atoms. The predicted octanol–water partition coefficient (Wildman–Crippen LogP) is -5.66. The van der Waals surface area contributed by atoms with E-state index in [0.29, 0.717) is 0 Å². The number of rotatable bonds is 4. The minimum atomic E-state index is -1.63. The van der Waals surface area contributed by atoms with Gasteiger partial charge in [-0.25, -0.2) is 0 Å². The van der Waals surface area contributed by atoms with Crippen molar-refractivity contribution < 1.29 is 64.5 Å². The average molecular weight is 414 g/mol. The SMILES string of the molecule is O[C@@H]1[C@H](O[C@@H]2CO[C@H](O)[C@@H](O)[C@@H]2O)OC[C@H](O)[C@H]1O[C@H]1OC[C@H](O)[C@@H](O)[C@H]1O. The Kier molecular flexibility index (Phi) is 7.20. The van der Waals surface area contributed by atoms with Gasteiger partial charge in [0.05, 0.1) is 19.8 Å². The zero-order chi connectivity index (χ0) is 20.6. The summed E-state index contributed by atoms with van der Waals surface area (Å²) < 4.78 is 25.9. The average Bonchev–Trinajstić information content (AvgIpc) is 2.67. The Morgan fingerprint density at radius 1 is 0.536 bits per heavy atom. The van der Waals surface area contributed by atoms with E-state index in [9.17, 15) is 40.9 Å². The molecule has 13 nitrogen and oxygen atoms in total. The van der Waals surface area contributed by atoms with E-state index in [1.165, 1.54) is 0 Å². The lowest BCUT2D eigenvalue weighted by Gasteiger charge is -2.43. The number of ether oxygens (including phenoxy) is 5. The van der Waals surface area contributed by atoms with Crippen LogP contribution in [0.3, 0.4) is 0 Å². The molecule has 8 N–H and O–H groups in total. The summed E-state index contributed by atoms with van der Waals surface area (Å²) in [5.41, 5.74) is 0. The van der Waals surface area contributed by atoms with E-state index < -0.39 is 73.8 Å². The van der Waals surface area contributed by atoms with E-state index in [-0.39, 0.29) is 19.8 Å². The second-order valence-corrected chi connectivity index (χ2v) is 6.99. The van der Waals surface area contributed by atoms with Crippen molar-refractivity contribution in [3.8, 4) is 0 Å². The Morgan fingerprint density at radius 2 is 1.14 bits per heavy atom. The summed E-state index contributed by atoms with van der Waals surface area (Å²) in [4.78, 5) is 0. The third-order valence-corrected chi connectivity index (χ3v) is 4.93. The van der Waals surface area contributed by atoms with Crippen molar-refractivity contribution in [2.24, 2.45) is 0 Å². The molecule has 0 amide bonds. The highest BCUT2D eigenvalue weighted by Gasteiger charge is 2.48. The Labute approximate surface area is 159 Å². The standard InChI is InChI=1S/C15H26O13/c16-4-1-25-14(10(21)7(4)18)28-12-5(17)2-26-15(11(12)22)27-6-3-24-13(23)9(20)8(6)19/h4-23H,1-3H2/t4-,5-,6+,7+,8+,9-,10+,11-,12+,13-,14+,15-/m0/s1. The van der Waals surface area contributed by atoms with Crippen LogP contribution in [0.4, 0.5) is 0 Å². The Hall–Kier alpha value is -0.520. The zero-order valence-corrected chi connectivity index (χ0v) is 14.7. The molecule has 12 atom stereocenters. The maximum absolute atomic E-state index is 10.5. The first-order chi connectivity index (χ1) is 13.2.